The third-order valence-electron chi connectivity index (χ3n) is 5.15. The third-order valence-corrected chi connectivity index (χ3v) is 5.15. The number of carbonyl (C=O) groups is 1. The Morgan fingerprint density at radius 1 is 1.40 bits per heavy atom. The van der Waals surface area contributed by atoms with Crippen molar-refractivity contribution in [1.82, 2.24) is 10.3 Å². The second kappa shape index (κ2) is 5.95. The highest BCUT2D eigenvalue weighted by atomic mass is 16.6. The van der Waals surface area contributed by atoms with Crippen molar-refractivity contribution in [3.05, 3.63) is 36.5 Å². The second-order valence-corrected chi connectivity index (χ2v) is 6.57. The third kappa shape index (κ3) is 2.67. The molecule has 6 nitrogen and oxygen atoms in total. The van der Waals surface area contributed by atoms with E-state index in [0.29, 0.717) is 6.54 Å². The number of aromatic nitrogens is 1. The molecule has 1 aromatic carbocycles. The van der Waals surface area contributed by atoms with E-state index in [1.54, 1.807) is 13.2 Å². The average molecular weight is 339 g/mol. The number of pyridine rings is 1. The van der Waals surface area contributed by atoms with Gasteiger partial charge in [0.15, 0.2) is 0 Å². The summed E-state index contributed by atoms with van der Waals surface area (Å²) < 4.78 is 11.0. The number of amides is 1. The molecule has 2 saturated heterocycles. The van der Waals surface area contributed by atoms with Crippen LogP contribution in [0.1, 0.15) is 18.4 Å². The van der Waals surface area contributed by atoms with E-state index in [9.17, 15) is 4.79 Å². The van der Waals surface area contributed by atoms with E-state index in [4.69, 9.17) is 9.47 Å². The van der Waals surface area contributed by atoms with Crippen molar-refractivity contribution < 1.29 is 14.3 Å². The minimum atomic E-state index is -0.355. The first-order valence-corrected chi connectivity index (χ1v) is 8.45. The maximum Gasteiger partial charge on any atom is 0.407 e. The van der Waals surface area contributed by atoms with Crippen LogP contribution < -0.4 is 15.0 Å². The van der Waals surface area contributed by atoms with Crippen LogP contribution in [0.15, 0.2) is 31.0 Å². The fourth-order valence-electron chi connectivity index (χ4n) is 3.70. The summed E-state index contributed by atoms with van der Waals surface area (Å²) in [5.41, 5.74) is 0.611. The molecule has 0 atom stereocenters. The van der Waals surface area contributed by atoms with E-state index in [2.05, 4.69) is 27.8 Å². The summed E-state index contributed by atoms with van der Waals surface area (Å²) in [4.78, 5) is 18.3. The number of methoxy groups -OCH3 is 1. The number of nitrogens with zero attached hydrogens (tertiary/aromatic N) is 2. The summed E-state index contributed by atoms with van der Waals surface area (Å²) >= 11 is 0. The molecule has 1 N–H and O–H groups in total. The number of ether oxygens (including phenoxy) is 2. The molecular formula is C19H21N3O3. The van der Waals surface area contributed by atoms with Crippen LogP contribution in [0.5, 0.6) is 5.75 Å². The largest absolute Gasteiger partial charge is 0.496 e. The Kier molecular flexibility index (Phi) is 3.75. The highest BCUT2D eigenvalue weighted by Crippen LogP contribution is 2.35. The maximum atomic E-state index is 11.4. The van der Waals surface area contributed by atoms with Gasteiger partial charge in [-0.1, -0.05) is 12.7 Å². The molecule has 0 saturated carbocycles. The van der Waals surface area contributed by atoms with Crippen molar-refractivity contribution in [2.75, 3.05) is 31.6 Å². The lowest BCUT2D eigenvalue weighted by Gasteiger charge is -2.38. The molecule has 0 aliphatic carbocycles. The summed E-state index contributed by atoms with van der Waals surface area (Å²) in [7, 11) is 1.66. The monoisotopic (exact) mass is 339 g/mol. The summed E-state index contributed by atoms with van der Waals surface area (Å²) in [5, 5.41) is 4.94. The molecule has 4 rings (SSSR count). The number of carbonyl (C=O) groups excluding carboxylic acids is 1. The summed E-state index contributed by atoms with van der Waals surface area (Å²) in [6.07, 6.45) is 4.92. The molecule has 0 bridgehead atoms. The lowest BCUT2D eigenvalue weighted by atomic mass is 9.91. The van der Waals surface area contributed by atoms with E-state index in [1.807, 2.05) is 18.3 Å². The van der Waals surface area contributed by atoms with Gasteiger partial charge in [-0.05, 0) is 23.6 Å². The molecule has 3 heterocycles. The first kappa shape index (κ1) is 15.7. The van der Waals surface area contributed by atoms with Crippen molar-refractivity contribution in [1.29, 1.82) is 0 Å². The van der Waals surface area contributed by atoms with Crippen LogP contribution in [0.25, 0.3) is 16.8 Å². The first-order chi connectivity index (χ1) is 12.1. The topological polar surface area (TPSA) is 63.7 Å². The van der Waals surface area contributed by atoms with Gasteiger partial charge in [-0.2, -0.15) is 0 Å². The van der Waals surface area contributed by atoms with E-state index in [-0.39, 0.29) is 11.7 Å². The van der Waals surface area contributed by atoms with E-state index < -0.39 is 0 Å². The molecule has 1 amide bonds. The van der Waals surface area contributed by atoms with Crippen LogP contribution in [0, 0.1) is 0 Å². The van der Waals surface area contributed by atoms with Gasteiger partial charge >= 0.3 is 6.09 Å². The van der Waals surface area contributed by atoms with Crippen LogP contribution in [-0.2, 0) is 4.74 Å². The molecule has 2 aliphatic rings. The Balaban J connectivity index is 1.66. The number of rotatable bonds is 3. The van der Waals surface area contributed by atoms with Gasteiger partial charge in [-0.15, -0.1) is 0 Å². The predicted octanol–water partition coefficient (Wildman–Crippen LogP) is 2.97. The minimum absolute atomic E-state index is 0.307. The summed E-state index contributed by atoms with van der Waals surface area (Å²) in [6, 6.07) is 6.09. The number of piperidine rings is 1. The molecule has 130 valence electrons. The fourth-order valence-corrected chi connectivity index (χ4v) is 3.70. The highest BCUT2D eigenvalue weighted by Gasteiger charge is 2.43. The maximum absolute atomic E-state index is 11.4. The van der Waals surface area contributed by atoms with E-state index >= 15 is 0 Å². The first-order valence-electron chi connectivity index (χ1n) is 8.45. The number of nitrogens with one attached hydrogen (secondary N) is 1. The molecule has 2 aromatic rings. The summed E-state index contributed by atoms with van der Waals surface area (Å²) in [6.45, 7) is 6.04. The second-order valence-electron chi connectivity index (χ2n) is 6.57. The van der Waals surface area contributed by atoms with Gasteiger partial charge < -0.3 is 19.7 Å². The lowest BCUT2D eigenvalue weighted by molar-refractivity contribution is 0.0366. The Morgan fingerprint density at radius 3 is 2.84 bits per heavy atom. The van der Waals surface area contributed by atoms with Crippen LogP contribution in [0.3, 0.4) is 0 Å². The van der Waals surface area contributed by atoms with E-state index in [1.165, 1.54) is 0 Å². The zero-order valence-electron chi connectivity index (χ0n) is 14.2. The number of benzene rings is 1. The van der Waals surface area contributed by atoms with Crippen LogP contribution >= 0.6 is 0 Å². The van der Waals surface area contributed by atoms with Gasteiger partial charge in [0.1, 0.15) is 17.2 Å². The van der Waals surface area contributed by atoms with Gasteiger partial charge in [-0.3, -0.25) is 0 Å². The molecule has 1 aromatic heterocycles. The quantitative estimate of drug-likeness (QED) is 0.931. The van der Waals surface area contributed by atoms with Crippen LogP contribution in [0.4, 0.5) is 10.6 Å². The number of alkyl carbamates (subject to hydrolysis) is 1. The van der Waals surface area contributed by atoms with Gasteiger partial charge in [-0.25, -0.2) is 9.78 Å². The SMILES string of the molecule is C=Cc1cc2ccnc(N3CCC4(CC3)CNC(=O)O4)c2cc1OC. The Labute approximate surface area is 146 Å². The van der Waals surface area contributed by atoms with E-state index in [0.717, 1.165) is 53.8 Å². The zero-order chi connectivity index (χ0) is 17.4. The molecule has 2 fully saturated rings. The van der Waals surface area contributed by atoms with Crippen molar-refractivity contribution in [3.8, 4) is 5.75 Å². The molecule has 25 heavy (non-hydrogen) atoms. The van der Waals surface area contributed by atoms with Crippen molar-refractivity contribution in [2.45, 2.75) is 18.4 Å². The van der Waals surface area contributed by atoms with Gasteiger partial charge in [0, 0.05) is 43.1 Å². The number of anilines is 1. The van der Waals surface area contributed by atoms with Gasteiger partial charge in [0.25, 0.3) is 0 Å². The highest BCUT2D eigenvalue weighted by molar-refractivity contribution is 5.95. The lowest BCUT2D eigenvalue weighted by Crippen LogP contribution is -2.47. The minimum Gasteiger partial charge on any atom is -0.496 e. The Morgan fingerprint density at radius 2 is 2.20 bits per heavy atom. The van der Waals surface area contributed by atoms with Gasteiger partial charge in [0.05, 0.1) is 13.7 Å². The van der Waals surface area contributed by atoms with Crippen LogP contribution in [0.2, 0.25) is 0 Å². The van der Waals surface area contributed by atoms with Gasteiger partial charge in [0.2, 0.25) is 0 Å². The molecule has 6 heteroatoms. The summed E-state index contributed by atoms with van der Waals surface area (Å²) in [5.74, 6) is 1.73. The molecule has 2 aliphatic heterocycles. The smallest absolute Gasteiger partial charge is 0.407 e. The van der Waals surface area contributed by atoms with Crippen LogP contribution in [-0.4, -0.2) is 43.4 Å². The molecule has 1 spiro atoms. The Hall–Kier alpha value is -2.76. The number of hydrogen-bond acceptors (Lipinski definition) is 5. The van der Waals surface area contributed by atoms with Crippen molar-refractivity contribution >= 4 is 28.8 Å². The average Bonchev–Trinajstić information content (AvgIpc) is 3.01. The molecule has 0 radical (unpaired) electrons. The number of fused-ring (bicyclic) bond motifs is 1. The molecular weight excluding hydrogens is 318 g/mol. The number of hydrogen-bond donors (Lipinski definition) is 1. The van der Waals surface area contributed by atoms with Crippen molar-refractivity contribution in [2.24, 2.45) is 0 Å². The zero-order valence-corrected chi connectivity index (χ0v) is 14.2. The predicted molar refractivity (Wildman–Crippen MR) is 97.0 cm³/mol. The van der Waals surface area contributed by atoms with Crippen molar-refractivity contribution in [3.63, 3.8) is 0 Å². The standard InChI is InChI=1S/C19H21N3O3/c1-3-13-10-14-4-7-20-17(15(14)11-16(13)24-2)22-8-5-19(6-9-22)12-21-18(23)25-19/h3-4,7,10-11H,1,5-6,8-9,12H2,2H3,(H,21,23). The molecule has 0 unspecified atom stereocenters. The Bertz CT molecular complexity index is 841. The normalized spacial score (nSPS) is 18.9. The fraction of sp³-hybridized carbons (Fsp3) is 0.368.